The molecular formula is C12H14O3. The van der Waals surface area contributed by atoms with Gasteiger partial charge in [-0.1, -0.05) is 17.7 Å². The fourth-order valence-corrected chi connectivity index (χ4v) is 2.23. The lowest BCUT2D eigenvalue weighted by Crippen LogP contribution is -2.30. The molecule has 15 heavy (non-hydrogen) atoms. The molecule has 2 aliphatic rings. The average Bonchev–Trinajstić information content (AvgIpc) is 2.29. The van der Waals surface area contributed by atoms with Crippen molar-refractivity contribution in [2.75, 3.05) is 7.11 Å². The number of methoxy groups -OCH3 is 1. The zero-order valence-electron chi connectivity index (χ0n) is 8.79. The minimum atomic E-state index is -0.573. The zero-order chi connectivity index (χ0) is 10.8. The van der Waals surface area contributed by atoms with Crippen molar-refractivity contribution < 1.29 is 14.3 Å². The van der Waals surface area contributed by atoms with Crippen molar-refractivity contribution in [2.24, 2.45) is 5.92 Å². The van der Waals surface area contributed by atoms with Crippen LogP contribution < -0.4 is 0 Å². The number of rotatable bonds is 1. The molecule has 0 bridgehead atoms. The Morgan fingerprint density at radius 2 is 2.27 bits per heavy atom. The van der Waals surface area contributed by atoms with Crippen LogP contribution in [0, 0.1) is 5.92 Å². The predicted octanol–water partition coefficient (Wildman–Crippen LogP) is 1.79. The number of Topliss-reactive ketones (excluding diaryl/α,β-unsaturated/α-hetero) is 1. The molecule has 0 aromatic carbocycles. The van der Waals surface area contributed by atoms with Gasteiger partial charge in [0.25, 0.3) is 0 Å². The first kappa shape index (κ1) is 10.1. The minimum absolute atomic E-state index is 0.0564. The molecule has 0 aromatic heterocycles. The molecule has 3 nitrogen and oxygen atoms in total. The van der Waals surface area contributed by atoms with Crippen molar-refractivity contribution >= 4 is 11.8 Å². The van der Waals surface area contributed by atoms with Crippen LogP contribution in [0.3, 0.4) is 0 Å². The Hall–Kier alpha value is -1.38. The predicted molar refractivity (Wildman–Crippen MR) is 55.1 cm³/mol. The zero-order valence-corrected chi connectivity index (χ0v) is 8.79. The Morgan fingerprint density at radius 1 is 1.47 bits per heavy atom. The summed E-state index contributed by atoms with van der Waals surface area (Å²) in [6, 6.07) is 0. The van der Waals surface area contributed by atoms with Gasteiger partial charge in [0.2, 0.25) is 0 Å². The van der Waals surface area contributed by atoms with Crippen LogP contribution in [-0.2, 0) is 14.3 Å². The number of carbonyl (C=O) groups excluding carboxylic acids is 2. The van der Waals surface area contributed by atoms with Gasteiger partial charge in [0.1, 0.15) is 5.92 Å². The Bertz CT molecular complexity index is 363. The van der Waals surface area contributed by atoms with Crippen LogP contribution in [-0.4, -0.2) is 18.9 Å². The lowest BCUT2D eigenvalue weighted by Gasteiger charge is -2.24. The highest BCUT2D eigenvalue weighted by atomic mass is 16.5. The van der Waals surface area contributed by atoms with Crippen LogP contribution in [0.15, 0.2) is 23.3 Å². The van der Waals surface area contributed by atoms with E-state index in [0.29, 0.717) is 6.42 Å². The van der Waals surface area contributed by atoms with Crippen molar-refractivity contribution in [3.63, 3.8) is 0 Å². The van der Waals surface area contributed by atoms with Crippen LogP contribution in [0.25, 0.3) is 0 Å². The summed E-state index contributed by atoms with van der Waals surface area (Å²) in [4.78, 5) is 23.3. The highest BCUT2D eigenvalue weighted by Gasteiger charge is 2.34. The lowest BCUT2D eigenvalue weighted by molar-refractivity contribution is -0.149. The first-order valence-corrected chi connectivity index (χ1v) is 5.24. The van der Waals surface area contributed by atoms with E-state index in [4.69, 9.17) is 0 Å². The Balaban J connectivity index is 2.25. The second-order valence-corrected chi connectivity index (χ2v) is 3.94. The molecule has 0 radical (unpaired) electrons. The number of ketones is 1. The van der Waals surface area contributed by atoms with Crippen LogP contribution in [0.1, 0.15) is 25.7 Å². The molecule has 1 unspecified atom stereocenters. The number of hydrogen-bond donors (Lipinski definition) is 0. The molecule has 0 heterocycles. The molecule has 2 aliphatic carbocycles. The second kappa shape index (κ2) is 4.01. The Morgan fingerprint density at radius 3 is 3.00 bits per heavy atom. The molecule has 1 atom stereocenters. The highest BCUT2D eigenvalue weighted by Crippen LogP contribution is 2.33. The topological polar surface area (TPSA) is 43.4 Å². The molecular weight excluding hydrogens is 192 g/mol. The van der Waals surface area contributed by atoms with Gasteiger partial charge in [-0.25, -0.2) is 0 Å². The van der Waals surface area contributed by atoms with Crippen molar-refractivity contribution in [2.45, 2.75) is 25.7 Å². The standard InChI is InChI=1S/C12H14O3/c1-15-12(14)10-7-6-8-4-2-3-5-9(8)11(10)13/h3,5,10H,2,4,6-7H2,1H3. The van der Waals surface area contributed by atoms with Gasteiger partial charge in [0.15, 0.2) is 5.78 Å². The summed E-state index contributed by atoms with van der Waals surface area (Å²) in [6.45, 7) is 0. The van der Waals surface area contributed by atoms with Gasteiger partial charge >= 0.3 is 5.97 Å². The summed E-state index contributed by atoms with van der Waals surface area (Å²) in [5.41, 5.74) is 1.96. The van der Waals surface area contributed by atoms with Gasteiger partial charge in [-0.05, 0) is 25.7 Å². The summed E-state index contributed by atoms with van der Waals surface area (Å²) in [7, 11) is 1.33. The average molecular weight is 206 g/mol. The third-order valence-corrected chi connectivity index (χ3v) is 3.08. The molecule has 80 valence electrons. The van der Waals surface area contributed by atoms with Gasteiger partial charge < -0.3 is 4.74 Å². The van der Waals surface area contributed by atoms with Crippen molar-refractivity contribution in [3.8, 4) is 0 Å². The maximum Gasteiger partial charge on any atom is 0.316 e. The molecule has 0 amide bonds. The van der Waals surface area contributed by atoms with Gasteiger partial charge in [0, 0.05) is 5.57 Å². The molecule has 0 saturated heterocycles. The maximum absolute atomic E-state index is 12.0. The minimum Gasteiger partial charge on any atom is -0.468 e. The Labute approximate surface area is 88.8 Å². The first-order chi connectivity index (χ1) is 7.24. The van der Waals surface area contributed by atoms with E-state index in [9.17, 15) is 9.59 Å². The fraction of sp³-hybridized carbons (Fsp3) is 0.500. The number of ether oxygens (including phenoxy) is 1. The maximum atomic E-state index is 12.0. The summed E-state index contributed by atoms with van der Waals surface area (Å²) in [6.07, 6.45) is 7.29. The fourth-order valence-electron chi connectivity index (χ4n) is 2.23. The van der Waals surface area contributed by atoms with E-state index in [1.165, 1.54) is 12.7 Å². The second-order valence-electron chi connectivity index (χ2n) is 3.94. The van der Waals surface area contributed by atoms with Crippen LogP contribution in [0.4, 0.5) is 0 Å². The molecule has 2 rings (SSSR count). The van der Waals surface area contributed by atoms with E-state index in [1.807, 2.05) is 12.2 Å². The molecule has 0 aromatic rings. The molecule has 3 heteroatoms. The van der Waals surface area contributed by atoms with Gasteiger partial charge in [-0.15, -0.1) is 0 Å². The molecule has 0 spiro atoms. The third-order valence-electron chi connectivity index (χ3n) is 3.08. The van der Waals surface area contributed by atoms with E-state index in [2.05, 4.69) is 4.74 Å². The van der Waals surface area contributed by atoms with E-state index in [-0.39, 0.29) is 5.78 Å². The van der Waals surface area contributed by atoms with Crippen molar-refractivity contribution in [1.29, 1.82) is 0 Å². The van der Waals surface area contributed by atoms with Crippen LogP contribution in [0.5, 0.6) is 0 Å². The number of hydrogen-bond acceptors (Lipinski definition) is 3. The summed E-state index contributed by atoms with van der Waals surface area (Å²) < 4.78 is 4.63. The quantitative estimate of drug-likeness (QED) is 0.485. The Kier molecular flexibility index (Phi) is 2.71. The smallest absolute Gasteiger partial charge is 0.316 e. The molecule has 0 fully saturated rings. The SMILES string of the molecule is COC(=O)C1CCC2=C(C=CCC2)C1=O. The molecule has 0 N–H and O–H groups in total. The van der Waals surface area contributed by atoms with E-state index >= 15 is 0 Å². The van der Waals surface area contributed by atoms with Crippen molar-refractivity contribution in [1.82, 2.24) is 0 Å². The molecule has 0 aliphatic heterocycles. The van der Waals surface area contributed by atoms with Gasteiger partial charge in [-0.3, -0.25) is 9.59 Å². The normalized spacial score (nSPS) is 25.1. The van der Waals surface area contributed by atoms with Crippen molar-refractivity contribution in [3.05, 3.63) is 23.3 Å². The lowest BCUT2D eigenvalue weighted by atomic mass is 9.79. The van der Waals surface area contributed by atoms with Crippen LogP contribution >= 0.6 is 0 Å². The first-order valence-electron chi connectivity index (χ1n) is 5.24. The van der Waals surface area contributed by atoms with E-state index < -0.39 is 11.9 Å². The van der Waals surface area contributed by atoms with Crippen LogP contribution in [0.2, 0.25) is 0 Å². The summed E-state index contributed by atoms with van der Waals surface area (Å²) in [5, 5.41) is 0. The third kappa shape index (κ3) is 1.74. The van der Waals surface area contributed by atoms with Gasteiger partial charge in [-0.2, -0.15) is 0 Å². The monoisotopic (exact) mass is 206 g/mol. The highest BCUT2D eigenvalue weighted by molar-refractivity contribution is 6.11. The number of carbonyl (C=O) groups is 2. The summed E-state index contributed by atoms with van der Waals surface area (Å²) >= 11 is 0. The largest absolute Gasteiger partial charge is 0.468 e. The molecule has 0 saturated carbocycles. The van der Waals surface area contributed by atoms with E-state index in [0.717, 1.165) is 24.8 Å². The number of allylic oxidation sites excluding steroid dienone is 4. The van der Waals surface area contributed by atoms with E-state index in [1.54, 1.807) is 0 Å². The van der Waals surface area contributed by atoms with Gasteiger partial charge in [0.05, 0.1) is 7.11 Å². The number of esters is 1. The summed E-state index contributed by atoms with van der Waals surface area (Å²) in [5.74, 6) is -1.03.